The minimum atomic E-state index is 0.366. The van der Waals surface area contributed by atoms with E-state index in [0.29, 0.717) is 15.5 Å². The van der Waals surface area contributed by atoms with Crippen LogP contribution in [0.3, 0.4) is 0 Å². The average molecular weight is 337 g/mol. The number of nitrogens with one attached hydrogen (secondary N) is 1. The van der Waals surface area contributed by atoms with Gasteiger partial charge < -0.3 is 4.90 Å². The molecule has 0 aromatic heterocycles. The fourth-order valence-electron chi connectivity index (χ4n) is 3.17. The molecule has 0 amide bonds. The van der Waals surface area contributed by atoms with Gasteiger partial charge in [-0.05, 0) is 24.4 Å². The smallest absolute Gasteiger partial charge is 0.132 e. The van der Waals surface area contributed by atoms with Crippen molar-refractivity contribution in [2.45, 2.75) is 12.4 Å². The van der Waals surface area contributed by atoms with Crippen LogP contribution in [0.1, 0.15) is 12.5 Å². The molecule has 4 rings (SSSR count). The quantitative estimate of drug-likeness (QED) is 0.807. The molecule has 2 aromatic carbocycles. The number of thioether (sulfide) groups is 1. The third kappa shape index (κ3) is 2.07. The summed E-state index contributed by atoms with van der Waals surface area (Å²) in [6.07, 6.45) is 0. The molecule has 108 valence electrons. The lowest BCUT2D eigenvalue weighted by atomic mass is 10.0. The van der Waals surface area contributed by atoms with Gasteiger partial charge in [0.05, 0.1) is 5.70 Å². The van der Waals surface area contributed by atoms with Crippen molar-refractivity contribution in [3.63, 3.8) is 0 Å². The molecule has 0 spiro atoms. The summed E-state index contributed by atoms with van der Waals surface area (Å²) >= 11 is 14.6. The lowest BCUT2D eigenvalue weighted by Gasteiger charge is -2.22. The van der Waals surface area contributed by atoms with Crippen molar-refractivity contribution in [3.05, 3.63) is 50.8 Å². The van der Waals surface area contributed by atoms with Crippen molar-refractivity contribution in [3.8, 4) is 0 Å². The molecule has 0 saturated carbocycles. The Bertz CT molecular complexity index is 764. The van der Waals surface area contributed by atoms with Crippen LogP contribution in [0.5, 0.6) is 0 Å². The van der Waals surface area contributed by atoms with Gasteiger partial charge in [0, 0.05) is 39.0 Å². The Hall–Kier alpha value is -0.870. The maximum absolute atomic E-state index is 6.36. The van der Waals surface area contributed by atoms with Gasteiger partial charge >= 0.3 is 0 Å². The third-order valence-electron chi connectivity index (χ3n) is 4.06. The van der Waals surface area contributed by atoms with Gasteiger partial charge in [-0.15, -0.1) is 0 Å². The van der Waals surface area contributed by atoms with E-state index in [1.165, 1.54) is 16.2 Å². The van der Waals surface area contributed by atoms with Crippen molar-refractivity contribution in [2.75, 3.05) is 13.1 Å². The van der Waals surface area contributed by atoms with E-state index in [4.69, 9.17) is 23.2 Å². The van der Waals surface area contributed by atoms with Gasteiger partial charge in [0.1, 0.15) is 5.50 Å². The SMILES string of the molecule is CC1=C(c2ccc(Cl)c3c(Cl)cccc23)N2CCNC2S1. The number of hydrogen-bond acceptors (Lipinski definition) is 3. The number of rotatable bonds is 1. The summed E-state index contributed by atoms with van der Waals surface area (Å²) in [5, 5.41) is 7.00. The van der Waals surface area contributed by atoms with Crippen LogP contribution in [0.4, 0.5) is 0 Å². The highest BCUT2D eigenvalue weighted by Gasteiger charge is 2.35. The zero-order valence-electron chi connectivity index (χ0n) is 11.5. The Labute approximate surface area is 138 Å². The minimum Gasteiger partial charge on any atom is -0.345 e. The Morgan fingerprint density at radius 3 is 2.86 bits per heavy atom. The van der Waals surface area contributed by atoms with Gasteiger partial charge in [-0.3, -0.25) is 5.32 Å². The number of hydrogen-bond donors (Lipinski definition) is 1. The molecule has 2 aromatic rings. The molecule has 1 saturated heterocycles. The zero-order chi connectivity index (χ0) is 14.6. The minimum absolute atomic E-state index is 0.366. The maximum atomic E-state index is 6.36. The molecule has 1 fully saturated rings. The molecular formula is C16H14Cl2N2S. The Morgan fingerprint density at radius 2 is 2.00 bits per heavy atom. The molecule has 0 aliphatic carbocycles. The van der Waals surface area contributed by atoms with Crippen LogP contribution in [0.25, 0.3) is 16.5 Å². The van der Waals surface area contributed by atoms with Crippen LogP contribution < -0.4 is 5.32 Å². The van der Waals surface area contributed by atoms with Gasteiger partial charge in [0.15, 0.2) is 0 Å². The molecule has 2 nitrogen and oxygen atoms in total. The van der Waals surface area contributed by atoms with Gasteiger partial charge in [-0.2, -0.15) is 0 Å². The fraction of sp³-hybridized carbons (Fsp3) is 0.250. The van der Waals surface area contributed by atoms with Gasteiger partial charge in [-0.25, -0.2) is 0 Å². The van der Waals surface area contributed by atoms with Gasteiger partial charge in [0.2, 0.25) is 0 Å². The third-order valence-corrected chi connectivity index (χ3v) is 5.88. The summed E-state index contributed by atoms with van der Waals surface area (Å²) in [6.45, 7) is 4.25. The van der Waals surface area contributed by atoms with E-state index in [9.17, 15) is 0 Å². The maximum Gasteiger partial charge on any atom is 0.132 e. The van der Waals surface area contributed by atoms with Gasteiger partial charge in [-0.1, -0.05) is 53.2 Å². The summed E-state index contributed by atoms with van der Waals surface area (Å²) in [7, 11) is 0. The molecule has 0 bridgehead atoms. The second-order valence-electron chi connectivity index (χ2n) is 5.28. The molecule has 2 aliphatic heterocycles. The van der Waals surface area contributed by atoms with Crippen LogP contribution in [0.2, 0.25) is 10.0 Å². The predicted octanol–water partition coefficient (Wildman–Crippen LogP) is 4.77. The lowest BCUT2D eigenvalue weighted by molar-refractivity contribution is 0.460. The number of halogens is 2. The molecular weight excluding hydrogens is 323 g/mol. The van der Waals surface area contributed by atoms with E-state index < -0.39 is 0 Å². The average Bonchev–Trinajstić information content (AvgIpc) is 3.00. The van der Waals surface area contributed by atoms with E-state index in [0.717, 1.165) is 23.9 Å². The van der Waals surface area contributed by atoms with Crippen LogP contribution in [0.15, 0.2) is 35.2 Å². The largest absolute Gasteiger partial charge is 0.345 e. The van der Waals surface area contributed by atoms with Crippen molar-refractivity contribution in [1.29, 1.82) is 0 Å². The summed E-state index contributed by atoms with van der Waals surface area (Å²) in [4.78, 5) is 3.78. The molecule has 21 heavy (non-hydrogen) atoms. The summed E-state index contributed by atoms with van der Waals surface area (Å²) in [6, 6.07) is 10.0. The standard InChI is InChI=1S/C16H14Cl2N2S/c1-9-15(20-8-7-19-16(20)21-9)11-5-6-13(18)14-10(11)3-2-4-12(14)17/h2-6,16,19H,7-8H2,1H3. The molecule has 1 unspecified atom stereocenters. The first-order valence-corrected chi connectivity index (χ1v) is 8.55. The highest BCUT2D eigenvalue weighted by molar-refractivity contribution is 8.04. The number of fused-ring (bicyclic) bond motifs is 2. The van der Waals surface area contributed by atoms with E-state index in [-0.39, 0.29) is 0 Å². The van der Waals surface area contributed by atoms with E-state index in [1.807, 2.05) is 30.0 Å². The molecule has 0 radical (unpaired) electrons. The van der Waals surface area contributed by atoms with Crippen LogP contribution in [0, 0.1) is 0 Å². The van der Waals surface area contributed by atoms with E-state index in [2.05, 4.69) is 29.3 Å². The summed E-state index contributed by atoms with van der Waals surface area (Å²) in [5.41, 5.74) is 2.89. The zero-order valence-corrected chi connectivity index (χ0v) is 13.8. The normalized spacial score (nSPS) is 21.5. The van der Waals surface area contributed by atoms with Crippen LogP contribution in [-0.2, 0) is 0 Å². The molecule has 2 heterocycles. The second-order valence-corrected chi connectivity index (χ2v) is 7.39. The lowest BCUT2D eigenvalue weighted by Crippen LogP contribution is -2.27. The summed E-state index contributed by atoms with van der Waals surface area (Å²) < 4.78 is 0. The molecule has 1 N–H and O–H groups in total. The summed E-state index contributed by atoms with van der Waals surface area (Å²) in [5.74, 6) is 0. The molecule has 1 atom stereocenters. The van der Waals surface area contributed by atoms with Crippen LogP contribution in [-0.4, -0.2) is 23.5 Å². The van der Waals surface area contributed by atoms with Crippen molar-refractivity contribution in [1.82, 2.24) is 10.2 Å². The van der Waals surface area contributed by atoms with E-state index in [1.54, 1.807) is 0 Å². The Balaban J connectivity index is 1.98. The molecule has 5 heteroatoms. The first-order valence-electron chi connectivity index (χ1n) is 6.91. The monoisotopic (exact) mass is 336 g/mol. The number of benzene rings is 2. The number of allylic oxidation sites excluding steroid dienone is 1. The van der Waals surface area contributed by atoms with Crippen LogP contribution >= 0.6 is 35.0 Å². The first-order chi connectivity index (χ1) is 10.2. The van der Waals surface area contributed by atoms with Crippen molar-refractivity contribution in [2.24, 2.45) is 0 Å². The Kier molecular flexibility index (Phi) is 3.34. The topological polar surface area (TPSA) is 15.3 Å². The number of nitrogens with zero attached hydrogens (tertiary/aromatic N) is 1. The Morgan fingerprint density at radius 1 is 1.19 bits per heavy atom. The van der Waals surface area contributed by atoms with Crippen molar-refractivity contribution < 1.29 is 0 Å². The van der Waals surface area contributed by atoms with E-state index >= 15 is 0 Å². The second kappa shape index (κ2) is 5.10. The highest BCUT2D eigenvalue weighted by atomic mass is 35.5. The van der Waals surface area contributed by atoms with Crippen molar-refractivity contribution >= 4 is 51.4 Å². The first kappa shape index (κ1) is 13.8. The predicted molar refractivity (Wildman–Crippen MR) is 92.6 cm³/mol. The molecule has 2 aliphatic rings. The fourth-order valence-corrected chi connectivity index (χ4v) is 4.97. The highest BCUT2D eigenvalue weighted by Crippen LogP contribution is 2.46. The van der Waals surface area contributed by atoms with Gasteiger partial charge in [0.25, 0.3) is 0 Å².